The lowest BCUT2D eigenvalue weighted by atomic mass is 10.2. The third-order valence-electron chi connectivity index (χ3n) is 6.35. The molecule has 0 fully saturated rings. The molecule has 30 heavy (non-hydrogen) atoms. The predicted molar refractivity (Wildman–Crippen MR) is 118 cm³/mol. The predicted octanol–water partition coefficient (Wildman–Crippen LogP) is 3.07. The van der Waals surface area contributed by atoms with Crippen LogP contribution in [0.1, 0.15) is 21.2 Å². The topological polar surface area (TPSA) is 34.9 Å². The van der Waals surface area contributed by atoms with Gasteiger partial charge in [0.2, 0.25) is 11.5 Å². The van der Waals surface area contributed by atoms with Crippen LogP contribution in [0.5, 0.6) is 0 Å². The molecule has 0 aliphatic carbocycles. The van der Waals surface area contributed by atoms with Crippen molar-refractivity contribution in [3.8, 4) is 22.9 Å². The van der Waals surface area contributed by atoms with Gasteiger partial charge in [0.1, 0.15) is 12.7 Å². The molecule has 0 radical (unpaired) electrons. The third kappa shape index (κ3) is 2.27. The van der Waals surface area contributed by atoms with Gasteiger partial charge in [-0.3, -0.25) is 4.40 Å². The maximum atomic E-state index is 7.83. The molecule has 152 valence electrons. The van der Waals surface area contributed by atoms with Gasteiger partial charge in [-0.05, 0) is 38.9 Å². The Kier molecular flexibility index (Phi) is 3.24. The van der Waals surface area contributed by atoms with Crippen molar-refractivity contribution in [2.45, 2.75) is 20.7 Å². The summed E-state index contributed by atoms with van der Waals surface area (Å²) in [6, 6.07) is 14.7. The quantitative estimate of drug-likeness (QED) is 0.417. The molecule has 0 amide bonds. The Balaban J connectivity index is 1.77. The molecule has 0 bridgehead atoms. The second-order valence-corrected chi connectivity index (χ2v) is 7.96. The summed E-state index contributed by atoms with van der Waals surface area (Å²) in [4.78, 5) is 4.50. The summed E-state index contributed by atoms with van der Waals surface area (Å²) in [5.74, 6) is 1.73. The van der Waals surface area contributed by atoms with Gasteiger partial charge in [-0.25, -0.2) is 14.1 Å². The number of rotatable bonds is 2. The number of pyridine rings is 1. The smallest absolute Gasteiger partial charge is 0.308 e. The highest BCUT2D eigenvalue weighted by molar-refractivity contribution is 5.75. The molecule has 0 spiro atoms. The van der Waals surface area contributed by atoms with Crippen LogP contribution in [-0.4, -0.2) is 18.5 Å². The monoisotopic (exact) mass is 403 g/mol. The zero-order valence-electron chi connectivity index (χ0n) is 21.2. The number of aromatic nitrogens is 6. The van der Waals surface area contributed by atoms with E-state index in [1.807, 2.05) is 29.9 Å². The highest BCUT2D eigenvalue weighted by atomic mass is 15.2. The average Bonchev–Trinajstić information content (AvgIpc) is 3.33. The number of aryl methyl sites for hydroxylation is 6. The summed E-state index contributed by atoms with van der Waals surface area (Å²) in [6.07, 6.45) is 0. The van der Waals surface area contributed by atoms with Gasteiger partial charge in [-0.2, -0.15) is 4.57 Å². The summed E-state index contributed by atoms with van der Waals surface area (Å²) >= 11 is 0. The van der Waals surface area contributed by atoms with Crippen molar-refractivity contribution in [2.24, 2.45) is 28.2 Å². The van der Waals surface area contributed by atoms with E-state index in [0.717, 1.165) is 28.6 Å². The number of benzene rings is 1. The standard InChI is InChI=1S/C24H28N6/c1-15-16(2)30-17(3)22(29(7)24(30)25-15)20-13-10-14-21(26(20)4)23-27(5)18-11-8-9-12-19(18)28(23)6/h8-14H,1-7H3/q+2/i1D3. The molecular weight excluding hydrogens is 372 g/mol. The van der Waals surface area contributed by atoms with E-state index in [0.29, 0.717) is 11.5 Å². The zero-order valence-corrected chi connectivity index (χ0v) is 18.2. The molecule has 4 heterocycles. The van der Waals surface area contributed by atoms with Crippen LogP contribution in [0, 0.1) is 20.7 Å². The van der Waals surface area contributed by atoms with Gasteiger partial charge in [0, 0.05) is 29.0 Å². The molecule has 1 aromatic carbocycles. The van der Waals surface area contributed by atoms with Crippen LogP contribution in [0.4, 0.5) is 0 Å². The van der Waals surface area contributed by atoms with Crippen LogP contribution in [-0.2, 0) is 28.2 Å². The second-order valence-electron chi connectivity index (χ2n) is 7.96. The lowest BCUT2D eigenvalue weighted by Crippen LogP contribution is -2.40. The lowest BCUT2D eigenvalue weighted by Gasteiger charge is -2.06. The summed E-state index contributed by atoms with van der Waals surface area (Å²) < 4.78 is 34.0. The molecule has 6 heteroatoms. The number of para-hydroxylation sites is 2. The van der Waals surface area contributed by atoms with Gasteiger partial charge in [-0.15, -0.1) is 0 Å². The van der Waals surface area contributed by atoms with Crippen molar-refractivity contribution in [3.63, 3.8) is 0 Å². The molecule has 6 nitrogen and oxygen atoms in total. The van der Waals surface area contributed by atoms with E-state index in [1.54, 1.807) is 0 Å². The molecule has 5 aromatic rings. The van der Waals surface area contributed by atoms with Crippen LogP contribution in [0.3, 0.4) is 0 Å². The number of fused-ring (bicyclic) bond motifs is 2. The van der Waals surface area contributed by atoms with E-state index in [2.05, 4.69) is 82.3 Å². The van der Waals surface area contributed by atoms with E-state index < -0.39 is 6.85 Å². The Hall–Kier alpha value is -3.41. The molecule has 4 aromatic heterocycles. The first-order valence-electron chi connectivity index (χ1n) is 11.5. The highest BCUT2D eigenvalue weighted by Gasteiger charge is 2.31. The Morgan fingerprint density at radius 1 is 0.867 bits per heavy atom. The first kappa shape index (κ1) is 15.4. The molecule has 0 unspecified atom stereocenters. The number of hydrogen-bond acceptors (Lipinski definition) is 1. The summed E-state index contributed by atoms with van der Waals surface area (Å²) in [6.45, 7) is 1.60. The van der Waals surface area contributed by atoms with Gasteiger partial charge in [0.15, 0.2) is 11.0 Å². The van der Waals surface area contributed by atoms with Gasteiger partial charge in [-0.1, -0.05) is 12.1 Å². The Morgan fingerprint density at radius 3 is 2.30 bits per heavy atom. The SMILES string of the molecule is [2H]C([2H])([2H])c1nc2n(C)c(-c3cccc(-c4n(C)c5ccccc5[n+]4C)[n+]3C)c(C)n2c1C. The number of imidazole rings is 3. The van der Waals surface area contributed by atoms with Crippen molar-refractivity contribution in [2.75, 3.05) is 0 Å². The van der Waals surface area contributed by atoms with Crippen LogP contribution in [0.15, 0.2) is 42.5 Å². The average molecular weight is 404 g/mol. The normalized spacial score (nSPS) is 13.7. The van der Waals surface area contributed by atoms with Crippen molar-refractivity contribution in [3.05, 3.63) is 59.5 Å². The minimum atomic E-state index is -2.24. The van der Waals surface area contributed by atoms with Crippen LogP contribution in [0.2, 0.25) is 0 Å². The number of nitrogens with zero attached hydrogens (tertiary/aromatic N) is 6. The molecule has 0 saturated heterocycles. The van der Waals surface area contributed by atoms with E-state index in [9.17, 15) is 0 Å². The Bertz CT molecular complexity index is 1530. The molecule has 0 atom stereocenters. The van der Waals surface area contributed by atoms with Crippen LogP contribution < -0.4 is 9.13 Å². The van der Waals surface area contributed by atoms with Gasteiger partial charge >= 0.3 is 5.82 Å². The molecule has 5 rings (SSSR count). The largest absolute Gasteiger partial charge is 0.355 e. The Morgan fingerprint density at radius 2 is 1.60 bits per heavy atom. The molecule has 0 saturated carbocycles. The fourth-order valence-corrected chi connectivity index (χ4v) is 4.79. The van der Waals surface area contributed by atoms with E-state index in [1.165, 1.54) is 11.0 Å². The summed E-state index contributed by atoms with van der Waals surface area (Å²) in [5.41, 5.74) is 7.21. The third-order valence-corrected chi connectivity index (χ3v) is 6.35. The minimum Gasteiger partial charge on any atom is -0.308 e. The maximum Gasteiger partial charge on any atom is 0.355 e. The van der Waals surface area contributed by atoms with Crippen molar-refractivity contribution >= 4 is 16.8 Å². The zero-order chi connectivity index (χ0) is 23.8. The van der Waals surface area contributed by atoms with Crippen LogP contribution >= 0.6 is 0 Å². The number of hydrogen-bond donors (Lipinski definition) is 0. The van der Waals surface area contributed by atoms with Gasteiger partial charge in [0.25, 0.3) is 5.69 Å². The van der Waals surface area contributed by atoms with E-state index in [-0.39, 0.29) is 5.69 Å². The van der Waals surface area contributed by atoms with Crippen molar-refractivity contribution in [1.29, 1.82) is 0 Å². The minimum absolute atomic E-state index is 0.156. The maximum absolute atomic E-state index is 7.83. The highest BCUT2D eigenvalue weighted by Crippen LogP contribution is 2.28. The van der Waals surface area contributed by atoms with Crippen LogP contribution in [0.25, 0.3) is 39.7 Å². The fraction of sp³-hybridized carbons (Fsp3) is 0.292. The van der Waals surface area contributed by atoms with Gasteiger partial charge < -0.3 is 4.57 Å². The molecular formula is C24H28N6+2. The lowest BCUT2D eigenvalue weighted by molar-refractivity contribution is -0.673. The summed E-state index contributed by atoms with van der Waals surface area (Å²) in [5, 5.41) is 0. The summed E-state index contributed by atoms with van der Waals surface area (Å²) in [7, 11) is 8.19. The first-order chi connectivity index (χ1) is 15.5. The van der Waals surface area contributed by atoms with E-state index >= 15 is 0 Å². The van der Waals surface area contributed by atoms with Gasteiger partial charge in [0.05, 0.1) is 25.5 Å². The van der Waals surface area contributed by atoms with E-state index in [4.69, 9.17) is 4.11 Å². The molecule has 0 aliphatic heterocycles. The van der Waals surface area contributed by atoms with Crippen molar-refractivity contribution < 1.29 is 13.2 Å². The van der Waals surface area contributed by atoms with Crippen molar-refractivity contribution in [1.82, 2.24) is 18.5 Å². The fourth-order valence-electron chi connectivity index (χ4n) is 4.79. The second kappa shape index (κ2) is 6.29. The first-order valence-corrected chi connectivity index (χ1v) is 10.0. The molecule has 0 N–H and O–H groups in total. The Labute approximate surface area is 180 Å². The molecule has 0 aliphatic rings.